The number of aliphatic imine (C=N–C) groups is 1. The van der Waals surface area contributed by atoms with Gasteiger partial charge in [-0.15, -0.1) is 0 Å². The Bertz CT molecular complexity index is 936. The van der Waals surface area contributed by atoms with Crippen molar-refractivity contribution in [3.05, 3.63) is 33.9 Å². The first kappa shape index (κ1) is 18.6. The average Bonchev–Trinajstić information content (AvgIpc) is 3.19. The molecule has 27 heavy (non-hydrogen) atoms. The molecule has 0 aromatic carbocycles. The minimum Gasteiger partial charge on any atom is -0.375 e. The van der Waals surface area contributed by atoms with Crippen LogP contribution in [0.2, 0.25) is 0 Å². The third-order valence-corrected chi connectivity index (χ3v) is 6.42. The van der Waals surface area contributed by atoms with Crippen molar-refractivity contribution in [2.24, 2.45) is 4.99 Å². The van der Waals surface area contributed by atoms with Gasteiger partial charge in [-0.05, 0) is 47.5 Å². The Morgan fingerprint density at radius 1 is 1.41 bits per heavy atom. The van der Waals surface area contributed by atoms with Crippen LogP contribution in [-0.2, 0) is 4.74 Å². The van der Waals surface area contributed by atoms with Gasteiger partial charge in [0.15, 0.2) is 5.82 Å². The number of rotatable bonds is 3. The topological polar surface area (TPSA) is 77.2 Å². The second kappa shape index (κ2) is 6.67. The van der Waals surface area contributed by atoms with E-state index in [1.807, 2.05) is 28.7 Å². The Balaban J connectivity index is 1.77. The molecule has 1 fully saturated rings. The second-order valence-corrected chi connectivity index (χ2v) is 9.58. The predicted octanol–water partition coefficient (Wildman–Crippen LogP) is 3.97. The number of H-pyrrole nitrogens is 1. The fourth-order valence-electron chi connectivity index (χ4n) is 3.90. The molecule has 2 aliphatic heterocycles. The van der Waals surface area contributed by atoms with E-state index in [9.17, 15) is 4.79 Å². The number of hydrogen-bond donors (Lipinski definition) is 1. The normalized spacial score (nSPS) is 24.7. The van der Waals surface area contributed by atoms with Crippen LogP contribution in [-0.4, -0.2) is 36.8 Å². The maximum absolute atomic E-state index is 12.9. The van der Waals surface area contributed by atoms with Crippen molar-refractivity contribution in [2.75, 3.05) is 6.61 Å². The minimum atomic E-state index is -0.197. The molecule has 2 aromatic rings. The molecule has 0 spiro atoms. The largest absolute Gasteiger partial charge is 0.375 e. The van der Waals surface area contributed by atoms with Gasteiger partial charge in [0.05, 0.1) is 33.7 Å². The Kier molecular flexibility index (Phi) is 4.58. The molecule has 2 atom stereocenters. The van der Waals surface area contributed by atoms with Crippen LogP contribution in [0, 0.1) is 0 Å². The fraction of sp³-hybridized carbons (Fsp3) is 0.632. The Morgan fingerprint density at radius 3 is 2.85 bits per heavy atom. The minimum absolute atomic E-state index is 0.0552. The number of aromatic nitrogens is 4. The van der Waals surface area contributed by atoms with Crippen LogP contribution < -0.4 is 5.56 Å². The molecule has 0 saturated carbocycles. The summed E-state index contributed by atoms with van der Waals surface area (Å²) in [6.45, 7) is 11.1. The number of fused-ring (bicyclic) bond motifs is 1. The van der Waals surface area contributed by atoms with Gasteiger partial charge in [-0.1, -0.05) is 11.8 Å². The van der Waals surface area contributed by atoms with Crippen molar-refractivity contribution in [1.29, 1.82) is 0 Å². The molecule has 0 unspecified atom stereocenters. The number of ether oxygens (including phenoxy) is 1. The smallest absolute Gasteiger partial charge is 0.271 e. The molecule has 8 heteroatoms. The zero-order valence-corrected chi connectivity index (χ0v) is 17.3. The first-order valence-corrected chi connectivity index (χ1v) is 10.4. The standard InChI is InChI=1S/C19H27N5O2S/c1-11(2)23-10-13(9-20-23)16-15-17(21-12(3)27-16)24(22-18(15)25)14-6-7-26-19(4,5)8-14/h9-11,14,16H,6-8H2,1-5H3,(H,22,25)/t14-,16-/m0/s1. The van der Waals surface area contributed by atoms with E-state index in [2.05, 4.69) is 37.9 Å². The van der Waals surface area contributed by atoms with Crippen LogP contribution >= 0.6 is 11.8 Å². The molecule has 0 aliphatic carbocycles. The van der Waals surface area contributed by atoms with Gasteiger partial charge < -0.3 is 4.74 Å². The molecule has 1 N–H and O–H groups in total. The summed E-state index contributed by atoms with van der Waals surface area (Å²) in [5.74, 6) is 0.765. The van der Waals surface area contributed by atoms with E-state index in [-0.39, 0.29) is 28.5 Å². The van der Waals surface area contributed by atoms with Gasteiger partial charge in [-0.3, -0.25) is 19.3 Å². The van der Waals surface area contributed by atoms with Crippen molar-refractivity contribution in [2.45, 2.75) is 70.4 Å². The summed E-state index contributed by atoms with van der Waals surface area (Å²) in [5, 5.41) is 8.41. The maximum atomic E-state index is 12.9. The van der Waals surface area contributed by atoms with E-state index in [1.165, 1.54) is 0 Å². The van der Waals surface area contributed by atoms with Gasteiger partial charge in [0.1, 0.15) is 0 Å². The second-order valence-electron chi connectivity index (χ2n) is 8.28. The molecule has 2 aliphatic rings. The average molecular weight is 390 g/mol. The van der Waals surface area contributed by atoms with Gasteiger partial charge >= 0.3 is 0 Å². The van der Waals surface area contributed by atoms with E-state index in [0.29, 0.717) is 6.61 Å². The summed E-state index contributed by atoms with van der Waals surface area (Å²) in [4.78, 5) is 17.7. The van der Waals surface area contributed by atoms with Crippen LogP contribution in [0.5, 0.6) is 0 Å². The molecular formula is C19H27N5O2S. The molecule has 0 radical (unpaired) electrons. The van der Waals surface area contributed by atoms with E-state index < -0.39 is 0 Å². The SMILES string of the molecule is CC1=Nc2c(c(=O)[nH]n2[C@H]2CCOC(C)(C)C2)[C@H](c2cnn(C(C)C)c2)S1. The lowest BCUT2D eigenvalue weighted by molar-refractivity contribution is -0.0705. The van der Waals surface area contributed by atoms with E-state index in [4.69, 9.17) is 9.73 Å². The zero-order valence-electron chi connectivity index (χ0n) is 16.5. The molecule has 0 bridgehead atoms. The number of nitrogens with one attached hydrogen (secondary N) is 1. The molecule has 7 nitrogen and oxygen atoms in total. The number of thioether (sulfide) groups is 1. The molecule has 0 amide bonds. The molecule has 2 aromatic heterocycles. The molecule has 1 saturated heterocycles. The highest BCUT2D eigenvalue weighted by molar-refractivity contribution is 8.14. The maximum Gasteiger partial charge on any atom is 0.271 e. The van der Waals surface area contributed by atoms with E-state index in [0.717, 1.165) is 34.8 Å². The highest BCUT2D eigenvalue weighted by Crippen LogP contribution is 2.45. The van der Waals surface area contributed by atoms with Crippen LogP contribution in [0.1, 0.15) is 75.9 Å². The number of hydrogen-bond acceptors (Lipinski definition) is 5. The summed E-state index contributed by atoms with van der Waals surface area (Å²) < 4.78 is 9.76. The third-order valence-electron chi connectivity index (χ3n) is 5.24. The van der Waals surface area contributed by atoms with Gasteiger partial charge in [0.25, 0.3) is 5.56 Å². The van der Waals surface area contributed by atoms with E-state index in [1.54, 1.807) is 11.8 Å². The lowest BCUT2D eigenvalue weighted by Gasteiger charge is -2.36. The van der Waals surface area contributed by atoms with Gasteiger partial charge in [-0.25, -0.2) is 4.99 Å². The van der Waals surface area contributed by atoms with Gasteiger partial charge in [-0.2, -0.15) is 5.10 Å². The molecule has 4 heterocycles. The highest BCUT2D eigenvalue weighted by Gasteiger charge is 2.36. The molecule has 4 rings (SSSR count). The van der Waals surface area contributed by atoms with Gasteiger partial charge in [0.2, 0.25) is 0 Å². The monoisotopic (exact) mass is 389 g/mol. The third kappa shape index (κ3) is 3.40. The Labute approximate surface area is 163 Å². The summed E-state index contributed by atoms with van der Waals surface area (Å²) >= 11 is 1.62. The van der Waals surface area contributed by atoms with Crippen molar-refractivity contribution >= 4 is 22.6 Å². The summed E-state index contributed by atoms with van der Waals surface area (Å²) in [7, 11) is 0. The zero-order chi connectivity index (χ0) is 19.3. The van der Waals surface area contributed by atoms with Crippen molar-refractivity contribution in [1.82, 2.24) is 19.6 Å². The Morgan fingerprint density at radius 2 is 2.19 bits per heavy atom. The lowest BCUT2D eigenvalue weighted by Crippen LogP contribution is -2.35. The van der Waals surface area contributed by atoms with Gasteiger partial charge in [0, 0.05) is 24.4 Å². The predicted molar refractivity (Wildman–Crippen MR) is 108 cm³/mol. The first-order chi connectivity index (χ1) is 12.7. The quantitative estimate of drug-likeness (QED) is 0.862. The molecular weight excluding hydrogens is 362 g/mol. The number of nitrogens with zero attached hydrogens (tertiary/aromatic N) is 4. The number of aromatic amines is 1. The summed E-state index contributed by atoms with van der Waals surface area (Å²) in [6.07, 6.45) is 5.63. The van der Waals surface area contributed by atoms with Crippen LogP contribution in [0.4, 0.5) is 5.82 Å². The van der Waals surface area contributed by atoms with Crippen LogP contribution in [0.25, 0.3) is 0 Å². The first-order valence-electron chi connectivity index (χ1n) is 9.49. The van der Waals surface area contributed by atoms with Crippen molar-refractivity contribution in [3.63, 3.8) is 0 Å². The van der Waals surface area contributed by atoms with Crippen molar-refractivity contribution < 1.29 is 4.74 Å². The fourth-order valence-corrected chi connectivity index (χ4v) is 4.97. The summed E-state index contributed by atoms with van der Waals surface area (Å²) in [5.41, 5.74) is 1.52. The van der Waals surface area contributed by atoms with Crippen LogP contribution in [0.3, 0.4) is 0 Å². The summed E-state index contributed by atoms with van der Waals surface area (Å²) in [6, 6.07) is 0.470. The Hall–Kier alpha value is -1.80. The van der Waals surface area contributed by atoms with E-state index >= 15 is 0 Å². The lowest BCUT2D eigenvalue weighted by atomic mass is 9.94. The van der Waals surface area contributed by atoms with Crippen molar-refractivity contribution in [3.8, 4) is 0 Å². The highest BCUT2D eigenvalue weighted by atomic mass is 32.2. The van der Waals surface area contributed by atoms with Crippen LogP contribution in [0.15, 0.2) is 22.2 Å². The molecule has 146 valence electrons.